The fourth-order valence-corrected chi connectivity index (χ4v) is 1.60. The predicted molar refractivity (Wildman–Crippen MR) is 75.5 cm³/mol. The first-order valence-corrected chi connectivity index (χ1v) is 6.51. The number of phenols is 1. The first kappa shape index (κ1) is 16.4. The molecule has 1 aromatic rings. The van der Waals surface area contributed by atoms with Gasteiger partial charge < -0.3 is 25.6 Å². The average Bonchev–Trinajstić information content (AvgIpc) is 2.45. The standard InChI is InChI=1S/C14H22N2O4/c1-19-8-9-20-7-6-16-14(18)13(15)10-11-2-4-12(17)5-3-11/h2-5,13,17H,6-10,15H2,1H3,(H,16,18). The summed E-state index contributed by atoms with van der Waals surface area (Å²) < 4.78 is 10.1. The Kier molecular flexibility index (Phi) is 7.64. The number of nitrogens with one attached hydrogen (secondary N) is 1. The summed E-state index contributed by atoms with van der Waals surface area (Å²) in [5, 5.41) is 11.9. The van der Waals surface area contributed by atoms with E-state index >= 15 is 0 Å². The van der Waals surface area contributed by atoms with Crippen LogP contribution in [0.5, 0.6) is 5.75 Å². The molecule has 112 valence electrons. The van der Waals surface area contributed by atoms with Crippen LogP contribution in [0.1, 0.15) is 5.56 Å². The topological polar surface area (TPSA) is 93.8 Å². The normalized spacial score (nSPS) is 12.1. The number of methoxy groups -OCH3 is 1. The molecule has 6 heteroatoms. The fourth-order valence-electron chi connectivity index (χ4n) is 1.60. The van der Waals surface area contributed by atoms with E-state index in [4.69, 9.17) is 15.2 Å². The maximum atomic E-state index is 11.7. The maximum Gasteiger partial charge on any atom is 0.237 e. The number of hydrogen-bond donors (Lipinski definition) is 3. The lowest BCUT2D eigenvalue weighted by molar-refractivity contribution is -0.122. The molecule has 0 aliphatic rings. The van der Waals surface area contributed by atoms with Gasteiger partial charge in [-0.25, -0.2) is 0 Å². The molecule has 0 saturated carbocycles. The van der Waals surface area contributed by atoms with Gasteiger partial charge in [-0.1, -0.05) is 12.1 Å². The van der Waals surface area contributed by atoms with Crippen molar-refractivity contribution in [2.75, 3.05) is 33.5 Å². The highest BCUT2D eigenvalue weighted by atomic mass is 16.5. The summed E-state index contributed by atoms with van der Waals surface area (Å²) in [4.78, 5) is 11.7. The van der Waals surface area contributed by atoms with Crippen molar-refractivity contribution in [1.29, 1.82) is 0 Å². The summed E-state index contributed by atoms with van der Waals surface area (Å²) in [6.45, 7) is 1.90. The van der Waals surface area contributed by atoms with E-state index in [1.807, 2.05) is 0 Å². The highest BCUT2D eigenvalue weighted by Crippen LogP contribution is 2.10. The van der Waals surface area contributed by atoms with Gasteiger partial charge >= 0.3 is 0 Å². The number of rotatable bonds is 9. The molecule has 0 spiro atoms. The Morgan fingerprint density at radius 1 is 1.30 bits per heavy atom. The molecule has 0 aliphatic carbocycles. The Morgan fingerprint density at radius 2 is 2.00 bits per heavy atom. The Balaban J connectivity index is 2.20. The Bertz CT molecular complexity index is 395. The monoisotopic (exact) mass is 282 g/mol. The molecule has 0 bridgehead atoms. The minimum atomic E-state index is -0.612. The molecule has 1 atom stereocenters. The van der Waals surface area contributed by atoms with Crippen LogP contribution in [0.2, 0.25) is 0 Å². The van der Waals surface area contributed by atoms with Gasteiger partial charge in [0.05, 0.1) is 25.9 Å². The molecule has 0 aliphatic heterocycles. The molecule has 1 rings (SSSR count). The molecule has 0 fully saturated rings. The number of phenolic OH excluding ortho intramolecular Hbond substituents is 1. The van der Waals surface area contributed by atoms with Gasteiger partial charge in [0.25, 0.3) is 0 Å². The zero-order chi connectivity index (χ0) is 14.8. The first-order chi connectivity index (χ1) is 9.63. The molecule has 0 saturated heterocycles. The maximum absolute atomic E-state index is 11.7. The van der Waals surface area contributed by atoms with Gasteiger partial charge in [0, 0.05) is 13.7 Å². The second kappa shape index (κ2) is 9.30. The van der Waals surface area contributed by atoms with Gasteiger partial charge in [0.1, 0.15) is 5.75 Å². The largest absolute Gasteiger partial charge is 0.508 e. The number of carbonyl (C=O) groups excluding carboxylic acids is 1. The highest BCUT2D eigenvalue weighted by Gasteiger charge is 2.13. The van der Waals surface area contributed by atoms with Gasteiger partial charge in [-0.2, -0.15) is 0 Å². The Hall–Kier alpha value is -1.63. The van der Waals surface area contributed by atoms with Crippen LogP contribution in [0.25, 0.3) is 0 Å². The molecule has 1 aromatic carbocycles. The summed E-state index contributed by atoms with van der Waals surface area (Å²) in [6, 6.07) is 6.03. The molecular formula is C14H22N2O4. The Morgan fingerprint density at radius 3 is 2.65 bits per heavy atom. The second-order valence-corrected chi connectivity index (χ2v) is 4.37. The van der Waals surface area contributed by atoms with Crippen molar-refractivity contribution in [2.45, 2.75) is 12.5 Å². The third-order valence-electron chi connectivity index (χ3n) is 2.71. The van der Waals surface area contributed by atoms with Gasteiger partial charge in [-0.15, -0.1) is 0 Å². The van der Waals surface area contributed by atoms with Crippen molar-refractivity contribution in [3.63, 3.8) is 0 Å². The van der Waals surface area contributed by atoms with Crippen LogP contribution < -0.4 is 11.1 Å². The number of ether oxygens (including phenoxy) is 2. The van der Waals surface area contributed by atoms with E-state index < -0.39 is 6.04 Å². The predicted octanol–water partition coefficient (Wildman–Crippen LogP) is 0.0412. The molecule has 0 aromatic heterocycles. The zero-order valence-corrected chi connectivity index (χ0v) is 11.7. The van der Waals surface area contributed by atoms with Crippen LogP contribution in [0.4, 0.5) is 0 Å². The molecule has 20 heavy (non-hydrogen) atoms. The summed E-state index contributed by atoms with van der Waals surface area (Å²) in [5.41, 5.74) is 6.72. The van der Waals surface area contributed by atoms with Gasteiger partial charge in [0.2, 0.25) is 5.91 Å². The van der Waals surface area contributed by atoms with Crippen molar-refractivity contribution >= 4 is 5.91 Å². The van der Waals surface area contributed by atoms with Crippen LogP contribution in [0.15, 0.2) is 24.3 Å². The van der Waals surface area contributed by atoms with Crippen LogP contribution in [0.3, 0.4) is 0 Å². The van der Waals surface area contributed by atoms with Gasteiger partial charge in [-0.05, 0) is 24.1 Å². The van der Waals surface area contributed by atoms with Crippen molar-refractivity contribution in [3.8, 4) is 5.75 Å². The lowest BCUT2D eigenvalue weighted by atomic mass is 10.1. The summed E-state index contributed by atoms with van der Waals surface area (Å²) in [7, 11) is 1.60. The first-order valence-electron chi connectivity index (χ1n) is 6.51. The minimum absolute atomic E-state index is 0.194. The van der Waals surface area contributed by atoms with Crippen LogP contribution >= 0.6 is 0 Å². The summed E-state index contributed by atoms with van der Waals surface area (Å²) in [5.74, 6) is -0.0200. The van der Waals surface area contributed by atoms with E-state index in [9.17, 15) is 9.90 Å². The van der Waals surface area contributed by atoms with E-state index in [1.165, 1.54) is 0 Å². The zero-order valence-electron chi connectivity index (χ0n) is 11.7. The number of carbonyl (C=O) groups is 1. The van der Waals surface area contributed by atoms with Crippen LogP contribution in [-0.2, 0) is 20.7 Å². The number of nitrogens with two attached hydrogens (primary N) is 1. The van der Waals surface area contributed by atoms with Gasteiger partial charge in [0.15, 0.2) is 0 Å². The molecule has 0 radical (unpaired) electrons. The average molecular weight is 282 g/mol. The highest BCUT2D eigenvalue weighted by molar-refractivity contribution is 5.81. The van der Waals surface area contributed by atoms with Crippen molar-refractivity contribution in [1.82, 2.24) is 5.32 Å². The van der Waals surface area contributed by atoms with E-state index in [2.05, 4.69) is 5.32 Å². The van der Waals surface area contributed by atoms with Gasteiger partial charge in [-0.3, -0.25) is 4.79 Å². The second-order valence-electron chi connectivity index (χ2n) is 4.37. The van der Waals surface area contributed by atoms with Crippen molar-refractivity contribution in [2.24, 2.45) is 5.73 Å². The van der Waals surface area contributed by atoms with Crippen molar-refractivity contribution in [3.05, 3.63) is 29.8 Å². The molecule has 4 N–H and O–H groups in total. The molecular weight excluding hydrogens is 260 g/mol. The smallest absolute Gasteiger partial charge is 0.237 e. The van der Waals surface area contributed by atoms with E-state index in [0.717, 1.165) is 5.56 Å². The Labute approximate surface area is 118 Å². The van der Waals surface area contributed by atoms with E-state index in [0.29, 0.717) is 32.8 Å². The lowest BCUT2D eigenvalue weighted by Crippen LogP contribution is -2.43. The molecule has 1 amide bonds. The quantitative estimate of drug-likeness (QED) is 0.556. The molecule has 0 heterocycles. The third-order valence-corrected chi connectivity index (χ3v) is 2.71. The van der Waals surface area contributed by atoms with Crippen LogP contribution in [0, 0.1) is 0 Å². The number of benzene rings is 1. The number of amides is 1. The third kappa shape index (κ3) is 6.51. The number of hydrogen-bond acceptors (Lipinski definition) is 5. The number of aromatic hydroxyl groups is 1. The lowest BCUT2D eigenvalue weighted by Gasteiger charge is -2.12. The SMILES string of the molecule is COCCOCCNC(=O)C(N)Cc1ccc(O)cc1. The summed E-state index contributed by atoms with van der Waals surface area (Å²) in [6.07, 6.45) is 0.427. The van der Waals surface area contributed by atoms with Crippen LogP contribution in [-0.4, -0.2) is 50.5 Å². The minimum Gasteiger partial charge on any atom is -0.508 e. The molecule has 1 unspecified atom stereocenters. The molecule has 6 nitrogen and oxygen atoms in total. The van der Waals surface area contributed by atoms with E-state index in [-0.39, 0.29) is 11.7 Å². The summed E-state index contributed by atoms with van der Waals surface area (Å²) >= 11 is 0. The van der Waals surface area contributed by atoms with Crippen molar-refractivity contribution < 1.29 is 19.4 Å². The fraction of sp³-hybridized carbons (Fsp3) is 0.500. The van der Waals surface area contributed by atoms with E-state index in [1.54, 1.807) is 31.4 Å².